The lowest BCUT2D eigenvalue weighted by Crippen LogP contribution is -1.98. The number of aliphatic hydroxyl groups is 1. The Labute approximate surface area is 62.8 Å². The van der Waals surface area contributed by atoms with Crippen molar-refractivity contribution in [1.82, 2.24) is 0 Å². The van der Waals surface area contributed by atoms with Gasteiger partial charge in [0, 0.05) is 0 Å². The summed E-state index contributed by atoms with van der Waals surface area (Å²) in [5.41, 5.74) is 1.68. The van der Waals surface area contributed by atoms with Crippen LogP contribution in [0.1, 0.15) is 27.2 Å². The molecule has 1 heteroatoms. The van der Waals surface area contributed by atoms with E-state index in [1.807, 2.05) is 13.0 Å². The lowest BCUT2D eigenvalue weighted by Gasteiger charge is -2.04. The molecule has 0 saturated heterocycles. The molecule has 10 heavy (non-hydrogen) atoms. The first-order chi connectivity index (χ1) is 4.61. The van der Waals surface area contributed by atoms with Crippen molar-refractivity contribution in [2.45, 2.75) is 27.2 Å². The maximum atomic E-state index is 8.90. The second-order valence-electron chi connectivity index (χ2n) is 3.77. The summed E-state index contributed by atoms with van der Waals surface area (Å²) in [6, 6.07) is 0. The average Bonchev–Trinajstić information content (AvgIpc) is 2.44. The molecule has 0 amide bonds. The van der Waals surface area contributed by atoms with Crippen molar-refractivity contribution >= 4 is 0 Å². The van der Waals surface area contributed by atoms with Gasteiger partial charge >= 0.3 is 0 Å². The zero-order valence-corrected chi connectivity index (χ0v) is 7.02. The van der Waals surface area contributed by atoms with Crippen LogP contribution in [0.2, 0.25) is 0 Å². The predicted octanol–water partition coefficient (Wildman–Crippen LogP) is 1.97. The molecule has 0 aromatic carbocycles. The van der Waals surface area contributed by atoms with E-state index in [1.165, 1.54) is 12.0 Å². The SMILES string of the molecule is C/C=C(/CO)C1CC1(C)C. The molecular weight excluding hydrogens is 124 g/mol. The van der Waals surface area contributed by atoms with E-state index in [-0.39, 0.29) is 6.61 Å². The van der Waals surface area contributed by atoms with E-state index in [1.54, 1.807) is 0 Å². The summed E-state index contributed by atoms with van der Waals surface area (Å²) in [6.45, 7) is 6.73. The Morgan fingerprint density at radius 1 is 1.70 bits per heavy atom. The summed E-state index contributed by atoms with van der Waals surface area (Å²) in [5, 5.41) is 8.90. The minimum absolute atomic E-state index is 0.241. The molecular formula is C9H16O. The molecule has 0 heterocycles. The maximum Gasteiger partial charge on any atom is 0.0644 e. The number of hydrogen-bond acceptors (Lipinski definition) is 1. The van der Waals surface area contributed by atoms with Crippen LogP contribution in [0.5, 0.6) is 0 Å². The average molecular weight is 140 g/mol. The van der Waals surface area contributed by atoms with Gasteiger partial charge in [-0.25, -0.2) is 0 Å². The molecule has 1 unspecified atom stereocenters. The van der Waals surface area contributed by atoms with Gasteiger partial charge in [0.2, 0.25) is 0 Å². The molecule has 0 aliphatic heterocycles. The summed E-state index contributed by atoms with van der Waals surface area (Å²) in [4.78, 5) is 0. The summed E-state index contributed by atoms with van der Waals surface area (Å²) in [5.74, 6) is 0.655. The second-order valence-corrected chi connectivity index (χ2v) is 3.77. The lowest BCUT2D eigenvalue weighted by molar-refractivity contribution is 0.320. The van der Waals surface area contributed by atoms with Gasteiger partial charge in [-0.2, -0.15) is 0 Å². The Kier molecular flexibility index (Phi) is 1.86. The van der Waals surface area contributed by atoms with Gasteiger partial charge in [-0.05, 0) is 30.3 Å². The van der Waals surface area contributed by atoms with Crippen molar-refractivity contribution in [3.8, 4) is 0 Å². The van der Waals surface area contributed by atoms with Crippen LogP contribution in [0.4, 0.5) is 0 Å². The molecule has 0 radical (unpaired) electrons. The smallest absolute Gasteiger partial charge is 0.0644 e. The summed E-state index contributed by atoms with van der Waals surface area (Å²) < 4.78 is 0. The van der Waals surface area contributed by atoms with E-state index in [4.69, 9.17) is 5.11 Å². The minimum Gasteiger partial charge on any atom is -0.392 e. The van der Waals surface area contributed by atoms with Crippen LogP contribution in [0, 0.1) is 11.3 Å². The third kappa shape index (κ3) is 1.24. The Hall–Kier alpha value is -0.300. The number of allylic oxidation sites excluding steroid dienone is 1. The fraction of sp³-hybridized carbons (Fsp3) is 0.778. The first kappa shape index (κ1) is 7.80. The van der Waals surface area contributed by atoms with Crippen molar-refractivity contribution in [2.24, 2.45) is 11.3 Å². The van der Waals surface area contributed by atoms with E-state index < -0.39 is 0 Å². The van der Waals surface area contributed by atoms with Gasteiger partial charge in [0.25, 0.3) is 0 Å². The minimum atomic E-state index is 0.241. The van der Waals surface area contributed by atoms with E-state index in [9.17, 15) is 0 Å². The summed E-state index contributed by atoms with van der Waals surface area (Å²) in [7, 11) is 0. The first-order valence-corrected chi connectivity index (χ1v) is 3.87. The highest BCUT2D eigenvalue weighted by Gasteiger charge is 2.46. The monoisotopic (exact) mass is 140 g/mol. The molecule has 1 aliphatic rings. The Balaban J connectivity index is 2.53. The van der Waals surface area contributed by atoms with Gasteiger partial charge < -0.3 is 5.11 Å². The van der Waals surface area contributed by atoms with Gasteiger partial charge in [0.15, 0.2) is 0 Å². The number of hydrogen-bond donors (Lipinski definition) is 1. The first-order valence-electron chi connectivity index (χ1n) is 3.87. The van der Waals surface area contributed by atoms with E-state index in [2.05, 4.69) is 13.8 Å². The van der Waals surface area contributed by atoms with Gasteiger partial charge in [-0.3, -0.25) is 0 Å². The number of rotatable bonds is 2. The Bertz CT molecular complexity index is 156. The molecule has 1 N–H and O–H groups in total. The van der Waals surface area contributed by atoms with Crippen LogP contribution in [0.15, 0.2) is 11.6 Å². The molecule has 0 aromatic rings. The fourth-order valence-electron chi connectivity index (χ4n) is 1.50. The molecule has 1 rings (SSSR count). The van der Waals surface area contributed by atoms with Crippen LogP contribution in [0.25, 0.3) is 0 Å². The van der Waals surface area contributed by atoms with Crippen molar-refractivity contribution in [3.05, 3.63) is 11.6 Å². The molecule has 0 spiro atoms. The quantitative estimate of drug-likeness (QED) is 0.581. The molecule has 1 saturated carbocycles. The third-order valence-corrected chi connectivity index (χ3v) is 2.51. The highest BCUT2D eigenvalue weighted by molar-refractivity contribution is 5.18. The van der Waals surface area contributed by atoms with Crippen molar-refractivity contribution in [3.63, 3.8) is 0 Å². The lowest BCUT2D eigenvalue weighted by atomic mass is 10.0. The third-order valence-electron chi connectivity index (χ3n) is 2.51. The normalized spacial score (nSPS) is 30.4. The van der Waals surface area contributed by atoms with Crippen LogP contribution in [-0.4, -0.2) is 11.7 Å². The zero-order chi connectivity index (χ0) is 7.78. The highest BCUT2D eigenvalue weighted by Crippen LogP contribution is 2.55. The van der Waals surface area contributed by atoms with E-state index >= 15 is 0 Å². The Morgan fingerprint density at radius 3 is 2.30 bits per heavy atom. The topological polar surface area (TPSA) is 20.2 Å². The van der Waals surface area contributed by atoms with Crippen molar-refractivity contribution in [1.29, 1.82) is 0 Å². The maximum absolute atomic E-state index is 8.90. The van der Waals surface area contributed by atoms with E-state index in [0.717, 1.165) is 0 Å². The van der Waals surface area contributed by atoms with Crippen LogP contribution in [0.3, 0.4) is 0 Å². The van der Waals surface area contributed by atoms with Crippen molar-refractivity contribution in [2.75, 3.05) is 6.61 Å². The largest absolute Gasteiger partial charge is 0.392 e. The van der Waals surface area contributed by atoms with E-state index in [0.29, 0.717) is 11.3 Å². The van der Waals surface area contributed by atoms with Gasteiger partial charge in [0.1, 0.15) is 0 Å². The van der Waals surface area contributed by atoms with Crippen LogP contribution >= 0.6 is 0 Å². The summed E-state index contributed by atoms with van der Waals surface area (Å²) in [6.07, 6.45) is 3.28. The molecule has 1 atom stereocenters. The Morgan fingerprint density at radius 2 is 2.20 bits per heavy atom. The highest BCUT2D eigenvalue weighted by atomic mass is 16.3. The number of aliphatic hydroxyl groups excluding tert-OH is 1. The molecule has 0 aromatic heterocycles. The predicted molar refractivity (Wildman–Crippen MR) is 42.7 cm³/mol. The van der Waals surface area contributed by atoms with Gasteiger partial charge in [0.05, 0.1) is 6.61 Å². The zero-order valence-electron chi connectivity index (χ0n) is 7.02. The fourth-order valence-corrected chi connectivity index (χ4v) is 1.50. The molecule has 1 nitrogen and oxygen atoms in total. The molecule has 0 bridgehead atoms. The standard InChI is InChI=1S/C9H16O/c1-4-7(6-10)8-5-9(8,2)3/h4,8,10H,5-6H2,1-3H3/b7-4-. The van der Waals surface area contributed by atoms with Crippen LogP contribution in [-0.2, 0) is 0 Å². The van der Waals surface area contributed by atoms with Crippen molar-refractivity contribution < 1.29 is 5.11 Å². The van der Waals surface area contributed by atoms with Gasteiger partial charge in [-0.1, -0.05) is 19.9 Å². The summed E-state index contributed by atoms with van der Waals surface area (Å²) >= 11 is 0. The van der Waals surface area contributed by atoms with Crippen LogP contribution < -0.4 is 0 Å². The van der Waals surface area contributed by atoms with Gasteiger partial charge in [-0.15, -0.1) is 0 Å². The molecule has 1 aliphatic carbocycles. The molecule has 1 fully saturated rings. The molecule has 58 valence electrons. The second kappa shape index (κ2) is 2.39.